The van der Waals surface area contributed by atoms with Crippen molar-refractivity contribution in [3.8, 4) is 0 Å². The zero-order valence-corrected chi connectivity index (χ0v) is 9.82. The van der Waals surface area contributed by atoms with Gasteiger partial charge in [-0.3, -0.25) is 4.79 Å². The van der Waals surface area contributed by atoms with Crippen molar-refractivity contribution < 1.29 is 9.21 Å². The van der Waals surface area contributed by atoms with E-state index < -0.39 is 0 Å². The average molecular weight is 239 g/mol. The Hall–Kier alpha value is -1.63. The standard InChI is InChI=1S/C10H17N5O2/c1-2-11-6-9-14-15-10(17-9)12-5-7-3-4-8(16)13-7/h7,11H,2-6H2,1H3,(H,12,15)(H,13,16). The first-order valence-electron chi connectivity index (χ1n) is 5.84. The van der Waals surface area contributed by atoms with Crippen LogP contribution in [0.15, 0.2) is 4.42 Å². The molecule has 1 aliphatic rings. The van der Waals surface area contributed by atoms with Crippen LogP contribution in [0.2, 0.25) is 0 Å². The Morgan fingerprint density at radius 1 is 1.53 bits per heavy atom. The molecule has 7 nitrogen and oxygen atoms in total. The summed E-state index contributed by atoms with van der Waals surface area (Å²) >= 11 is 0. The highest BCUT2D eigenvalue weighted by Crippen LogP contribution is 2.09. The van der Waals surface area contributed by atoms with Gasteiger partial charge in [0.1, 0.15) is 0 Å². The van der Waals surface area contributed by atoms with Gasteiger partial charge in [-0.2, -0.15) is 0 Å². The molecule has 0 saturated carbocycles. The molecule has 0 spiro atoms. The number of hydrogen-bond acceptors (Lipinski definition) is 6. The van der Waals surface area contributed by atoms with Gasteiger partial charge >= 0.3 is 6.01 Å². The Balaban J connectivity index is 1.75. The van der Waals surface area contributed by atoms with E-state index in [1.165, 1.54) is 0 Å². The summed E-state index contributed by atoms with van der Waals surface area (Å²) in [5.41, 5.74) is 0. The first-order valence-corrected chi connectivity index (χ1v) is 5.84. The SMILES string of the molecule is CCNCc1nnc(NCC2CCC(=O)N2)o1. The zero-order chi connectivity index (χ0) is 12.1. The number of carbonyl (C=O) groups is 1. The Kier molecular flexibility index (Phi) is 3.92. The second kappa shape index (κ2) is 5.62. The maximum atomic E-state index is 11.0. The van der Waals surface area contributed by atoms with Crippen molar-refractivity contribution in [1.29, 1.82) is 0 Å². The fraction of sp³-hybridized carbons (Fsp3) is 0.700. The summed E-state index contributed by atoms with van der Waals surface area (Å²) < 4.78 is 5.36. The van der Waals surface area contributed by atoms with Gasteiger partial charge < -0.3 is 20.4 Å². The lowest BCUT2D eigenvalue weighted by Crippen LogP contribution is -2.31. The van der Waals surface area contributed by atoms with E-state index in [1.54, 1.807) is 0 Å². The molecular weight excluding hydrogens is 222 g/mol. The van der Waals surface area contributed by atoms with Gasteiger partial charge in [0.05, 0.1) is 6.54 Å². The van der Waals surface area contributed by atoms with Crippen LogP contribution in [0.3, 0.4) is 0 Å². The molecule has 1 saturated heterocycles. The largest absolute Gasteiger partial charge is 0.407 e. The van der Waals surface area contributed by atoms with E-state index >= 15 is 0 Å². The van der Waals surface area contributed by atoms with Crippen LogP contribution in [0.4, 0.5) is 6.01 Å². The lowest BCUT2D eigenvalue weighted by Gasteiger charge is -2.08. The number of amides is 1. The molecule has 0 aliphatic carbocycles. The van der Waals surface area contributed by atoms with Gasteiger partial charge in [0.2, 0.25) is 11.8 Å². The first-order chi connectivity index (χ1) is 8.28. The Morgan fingerprint density at radius 2 is 2.41 bits per heavy atom. The van der Waals surface area contributed by atoms with Crippen LogP contribution in [0.25, 0.3) is 0 Å². The van der Waals surface area contributed by atoms with Crippen molar-refractivity contribution in [3.63, 3.8) is 0 Å². The third-order valence-corrected chi connectivity index (χ3v) is 2.58. The number of anilines is 1. The quantitative estimate of drug-likeness (QED) is 0.640. The number of aromatic nitrogens is 2. The number of hydrogen-bond donors (Lipinski definition) is 3. The van der Waals surface area contributed by atoms with Gasteiger partial charge in [-0.25, -0.2) is 0 Å². The minimum Gasteiger partial charge on any atom is -0.407 e. The predicted molar refractivity (Wildman–Crippen MR) is 61.3 cm³/mol. The summed E-state index contributed by atoms with van der Waals surface area (Å²) in [6, 6.07) is 0.561. The molecule has 0 radical (unpaired) electrons. The van der Waals surface area contributed by atoms with Crippen LogP contribution < -0.4 is 16.0 Å². The molecule has 1 aromatic rings. The molecule has 0 bridgehead atoms. The molecule has 1 aromatic heterocycles. The van der Waals surface area contributed by atoms with Gasteiger partial charge in [-0.15, -0.1) is 5.10 Å². The highest BCUT2D eigenvalue weighted by atomic mass is 16.4. The molecule has 7 heteroatoms. The second-order valence-corrected chi connectivity index (χ2v) is 3.97. The topological polar surface area (TPSA) is 92.1 Å². The van der Waals surface area contributed by atoms with Crippen LogP contribution in [-0.4, -0.2) is 35.2 Å². The van der Waals surface area contributed by atoms with Gasteiger partial charge in [0.15, 0.2) is 0 Å². The summed E-state index contributed by atoms with van der Waals surface area (Å²) in [6.07, 6.45) is 1.45. The average Bonchev–Trinajstić information content (AvgIpc) is 2.93. The van der Waals surface area contributed by atoms with Crippen molar-refractivity contribution in [2.75, 3.05) is 18.4 Å². The number of carbonyl (C=O) groups excluding carboxylic acids is 1. The molecule has 0 aromatic carbocycles. The van der Waals surface area contributed by atoms with E-state index in [2.05, 4.69) is 26.1 Å². The number of rotatable bonds is 6. The van der Waals surface area contributed by atoms with Gasteiger partial charge in [0, 0.05) is 19.0 Å². The third kappa shape index (κ3) is 3.42. The fourth-order valence-electron chi connectivity index (χ4n) is 1.67. The van der Waals surface area contributed by atoms with E-state index in [0.29, 0.717) is 31.4 Å². The molecule has 17 heavy (non-hydrogen) atoms. The monoisotopic (exact) mass is 239 g/mol. The maximum Gasteiger partial charge on any atom is 0.315 e. The van der Waals surface area contributed by atoms with Crippen LogP contribution in [0.5, 0.6) is 0 Å². The molecular formula is C10H17N5O2. The van der Waals surface area contributed by atoms with Crippen molar-refractivity contribution in [2.45, 2.75) is 32.4 Å². The maximum absolute atomic E-state index is 11.0. The third-order valence-electron chi connectivity index (χ3n) is 2.58. The minimum atomic E-state index is 0.107. The fourth-order valence-corrected chi connectivity index (χ4v) is 1.67. The lowest BCUT2D eigenvalue weighted by molar-refractivity contribution is -0.119. The summed E-state index contributed by atoms with van der Waals surface area (Å²) in [7, 11) is 0. The zero-order valence-electron chi connectivity index (χ0n) is 9.82. The molecule has 2 heterocycles. The van der Waals surface area contributed by atoms with Crippen molar-refractivity contribution in [3.05, 3.63) is 5.89 Å². The van der Waals surface area contributed by atoms with E-state index in [-0.39, 0.29) is 11.9 Å². The molecule has 94 valence electrons. The molecule has 1 amide bonds. The lowest BCUT2D eigenvalue weighted by atomic mass is 10.2. The normalized spacial score (nSPS) is 19.4. The Morgan fingerprint density at radius 3 is 3.12 bits per heavy atom. The highest BCUT2D eigenvalue weighted by molar-refractivity contribution is 5.78. The van der Waals surface area contributed by atoms with Gasteiger partial charge in [0.25, 0.3) is 0 Å². The Labute approximate surface area is 99.4 Å². The first kappa shape index (κ1) is 11.8. The molecule has 1 atom stereocenters. The van der Waals surface area contributed by atoms with E-state index in [4.69, 9.17) is 4.42 Å². The van der Waals surface area contributed by atoms with E-state index in [0.717, 1.165) is 13.0 Å². The van der Waals surface area contributed by atoms with Crippen LogP contribution in [0.1, 0.15) is 25.7 Å². The summed E-state index contributed by atoms with van der Waals surface area (Å²) in [4.78, 5) is 11.0. The summed E-state index contributed by atoms with van der Waals surface area (Å²) in [5.74, 6) is 0.667. The van der Waals surface area contributed by atoms with Crippen molar-refractivity contribution in [1.82, 2.24) is 20.8 Å². The second-order valence-electron chi connectivity index (χ2n) is 3.97. The molecule has 1 aliphatic heterocycles. The smallest absolute Gasteiger partial charge is 0.315 e. The summed E-state index contributed by atoms with van der Waals surface area (Å²) in [6.45, 7) is 4.07. The highest BCUT2D eigenvalue weighted by Gasteiger charge is 2.20. The molecule has 1 fully saturated rings. The van der Waals surface area contributed by atoms with E-state index in [9.17, 15) is 4.79 Å². The molecule has 3 N–H and O–H groups in total. The molecule has 2 rings (SSSR count). The van der Waals surface area contributed by atoms with Crippen LogP contribution in [0, 0.1) is 0 Å². The van der Waals surface area contributed by atoms with Crippen molar-refractivity contribution >= 4 is 11.9 Å². The summed E-state index contributed by atoms with van der Waals surface area (Å²) in [5, 5.41) is 16.7. The van der Waals surface area contributed by atoms with Gasteiger partial charge in [-0.05, 0) is 13.0 Å². The minimum absolute atomic E-state index is 0.107. The van der Waals surface area contributed by atoms with Gasteiger partial charge in [-0.1, -0.05) is 12.0 Å². The van der Waals surface area contributed by atoms with E-state index in [1.807, 2.05) is 6.92 Å². The predicted octanol–water partition coefficient (Wildman–Crippen LogP) is -0.130. The Bertz CT molecular complexity index is 379. The van der Waals surface area contributed by atoms with Crippen molar-refractivity contribution in [2.24, 2.45) is 0 Å². The molecule has 1 unspecified atom stereocenters. The number of nitrogens with zero attached hydrogens (tertiary/aromatic N) is 2. The van der Waals surface area contributed by atoms with Crippen LogP contribution in [-0.2, 0) is 11.3 Å². The number of nitrogens with one attached hydrogen (secondary N) is 3. The van der Waals surface area contributed by atoms with Crippen LogP contribution >= 0.6 is 0 Å².